The Morgan fingerprint density at radius 1 is 0.667 bits per heavy atom. The van der Waals surface area contributed by atoms with Crippen LogP contribution in [-0.4, -0.2) is 0 Å². The maximum Gasteiger partial charge on any atom is 0.0120 e. The lowest BCUT2D eigenvalue weighted by atomic mass is 9.61. The van der Waals surface area contributed by atoms with Crippen molar-refractivity contribution >= 4 is 11.1 Å². The van der Waals surface area contributed by atoms with Crippen LogP contribution in [0.5, 0.6) is 0 Å². The van der Waals surface area contributed by atoms with Gasteiger partial charge in [0.2, 0.25) is 0 Å². The molecule has 4 rings (SSSR count). The van der Waals surface area contributed by atoms with Crippen LogP contribution in [0.3, 0.4) is 0 Å². The molecule has 0 heterocycles. The van der Waals surface area contributed by atoms with E-state index in [1.165, 1.54) is 33.4 Å². The summed E-state index contributed by atoms with van der Waals surface area (Å²) < 4.78 is 0. The standard InChI is InChI=1S/C27H32/c1-7-19-17(3)21-13-9-11-15-23(21)25(19)27(5,6)26-20(8-2)18(4)22-14-10-12-16-24(22)26/h9-16,25-26H,7-8H2,1-6H3. The highest BCUT2D eigenvalue weighted by Gasteiger charge is 2.47. The molecule has 0 aliphatic heterocycles. The lowest BCUT2D eigenvalue weighted by molar-refractivity contribution is 0.269. The lowest BCUT2D eigenvalue weighted by Gasteiger charge is -2.42. The zero-order valence-corrected chi connectivity index (χ0v) is 17.7. The molecular formula is C27H32. The van der Waals surface area contributed by atoms with Gasteiger partial charge in [-0.05, 0) is 65.5 Å². The molecule has 0 heteroatoms. The van der Waals surface area contributed by atoms with Crippen molar-refractivity contribution in [3.05, 3.63) is 81.9 Å². The zero-order valence-electron chi connectivity index (χ0n) is 17.7. The van der Waals surface area contributed by atoms with E-state index in [2.05, 4.69) is 90.1 Å². The molecular weight excluding hydrogens is 324 g/mol. The van der Waals surface area contributed by atoms with Gasteiger partial charge in [-0.2, -0.15) is 0 Å². The molecule has 2 aromatic carbocycles. The average Bonchev–Trinajstić information content (AvgIpc) is 3.14. The van der Waals surface area contributed by atoms with Crippen LogP contribution in [0.15, 0.2) is 59.7 Å². The molecule has 0 amide bonds. The molecule has 2 aliphatic rings. The summed E-state index contributed by atoms with van der Waals surface area (Å²) in [6.45, 7) is 14.4. The van der Waals surface area contributed by atoms with Crippen molar-refractivity contribution < 1.29 is 0 Å². The van der Waals surface area contributed by atoms with Crippen LogP contribution in [0, 0.1) is 5.41 Å². The average molecular weight is 357 g/mol. The number of hydrogen-bond acceptors (Lipinski definition) is 0. The summed E-state index contributed by atoms with van der Waals surface area (Å²) in [4.78, 5) is 0. The van der Waals surface area contributed by atoms with Gasteiger partial charge in [-0.25, -0.2) is 0 Å². The van der Waals surface area contributed by atoms with Crippen molar-refractivity contribution in [3.8, 4) is 0 Å². The smallest absolute Gasteiger partial charge is 0.0120 e. The second-order valence-corrected chi connectivity index (χ2v) is 8.87. The molecule has 27 heavy (non-hydrogen) atoms. The maximum absolute atomic E-state index is 2.51. The van der Waals surface area contributed by atoms with Crippen LogP contribution >= 0.6 is 0 Å². The van der Waals surface area contributed by atoms with Gasteiger partial charge in [0, 0.05) is 11.8 Å². The van der Waals surface area contributed by atoms with Crippen LogP contribution in [0.4, 0.5) is 0 Å². The van der Waals surface area contributed by atoms with E-state index in [4.69, 9.17) is 0 Å². The number of benzene rings is 2. The van der Waals surface area contributed by atoms with E-state index in [0.29, 0.717) is 11.8 Å². The fourth-order valence-corrected chi connectivity index (χ4v) is 6.14. The van der Waals surface area contributed by atoms with E-state index in [9.17, 15) is 0 Å². The van der Waals surface area contributed by atoms with Crippen molar-refractivity contribution in [2.24, 2.45) is 5.41 Å². The van der Waals surface area contributed by atoms with E-state index in [0.717, 1.165) is 12.8 Å². The van der Waals surface area contributed by atoms with Gasteiger partial charge in [-0.3, -0.25) is 0 Å². The fraction of sp³-hybridized carbons (Fsp3) is 0.407. The predicted octanol–water partition coefficient (Wildman–Crippen LogP) is 7.97. The SMILES string of the molecule is CCC1=C(C)c2ccccc2C1C(C)(C)C1C(CC)=C(C)c2ccccc21. The highest BCUT2D eigenvalue weighted by atomic mass is 14.5. The van der Waals surface area contributed by atoms with Gasteiger partial charge in [0.15, 0.2) is 0 Å². The minimum Gasteiger partial charge on any atom is -0.0619 e. The Balaban J connectivity index is 1.92. The number of allylic oxidation sites excluding steroid dienone is 4. The Bertz CT molecular complexity index is 874. The van der Waals surface area contributed by atoms with Gasteiger partial charge in [-0.15, -0.1) is 0 Å². The normalized spacial score (nSPS) is 21.7. The molecule has 2 atom stereocenters. The first kappa shape index (κ1) is 18.3. The van der Waals surface area contributed by atoms with Crippen molar-refractivity contribution in [1.82, 2.24) is 0 Å². The highest BCUT2D eigenvalue weighted by molar-refractivity contribution is 5.80. The van der Waals surface area contributed by atoms with Crippen LogP contribution < -0.4 is 0 Å². The lowest BCUT2D eigenvalue weighted by Crippen LogP contribution is -2.30. The van der Waals surface area contributed by atoms with Crippen molar-refractivity contribution in [2.75, 3.05) is 0 Å². The third-order valence-corrected chi connectivity index (χ3v) is 7.26. The molecule has 0 spiro atoms. The third kappa shape index (κ3) is 2.49. The maximum atomic E-state index is 2.51. The predicted molar refractivity (Wildman–Crippen MR) is 118 cm³/mol. The zero-order chi connectivity index (χ0) is 19.3. The summed E-state index contributed by atoms with van der Waals surface area (Å²) in [5.74, 6) is 0.980. The Labute approximate surface area is 165 Å². The second-order valence-electron chi connectivity index (χ2n) is 8.87. The quantitative estimate of drug-likeness (QED) is 0.521. The Hall–Kier alpha value is -2.08. The van der Waals surface area contributed by atoms with E-state index < -0.39 is 0 Å². The molecule has 2 unspecified atom stereocenters. The van der Waals surface area contributed by atoms with Crippen molar-refractivity contribution in [1.29, 1.82) is 0 Å². The van der Waals surface area contributed by atoms with E-state index >= 15 is 0 Å². The Morgan fingerprint density at radius 2 is 1.04 bits per heavy atom. The monoisotopic (exact) mass is 356 g/mol. The molecule has 0 N–H and O–H groups in total. The van der Waals surface area contributed by atoms with Crippen LogP contribution in [0.25, 0.3) is 11.1 Å². The third-order valence-electron chi connectivity index (χ3n) is 7.26. The van der Waals surface area contributed by atoms with Crippen molar-refractivity contribution in [3.63, 3.8) is 0 Å². The first-order valence-corrected chi connectivity index (χ1v) is 10.5. The largest absolute Gasteiger partial charge is 0.0619 e. The Kier molecular flexibility index (Phi) is 4.41. The van der Waals surface area contributed by atoms with Gasteiger partial charge in [0.05, 0.1) is 0 Å². The number of fused-ring (bicyclic) bond motifs is 2. The summed E-state index contributed by atoms with van der Waals surface area (Å²) in [6.07, 6.45) is 2.26. The molecule has 0 saturated heterocycles. The molecule has 0 radical (unpaired) electrons. The molecule has 2 aromatic rings. The molecule has 0 fully saturated rings. The van der Waals surface area contributed by atoms with E-state index in [1.807, 2.05) is 0 Å². The van der Waals surface area contributed by atoms with Crippen molar-refractivity contribution in [2.45, 2.75) is 66.2 Å². The molecule has 0 saturated carbocycles. The van der Waals surface area contributed by atoms with Gasteiger partial charge >= 0.3 is 0 Å². The Morgan fingerprint density at radius 3 is 1.41 bits per heavy atom. The number of rotatable bonds is 4. The molecule has 140 valence electrons. The minimum absolute atomic E-state index is 0.137. The van der Waals surface area contributed by atoms with Gasteiger partial charge in [-0.1, -0.05) is 87.4 Å². The molecule has 0 aromatic heterocycles. The van der Waals surface area contributed by atoms with Gasteiger partial charge in [0.1, 0.15) is 0 Å². The second kappa shape index (κ2) is 6.51. The van der Waals surface area contributed by atoms with Crippen LogP contribution in [0.2, 0.25) is 0 Å². The molecule has 0 bridgehead atoms. The fourth-order valence-electron chi connectivity index (χ4n) is 6.14. The first-order valence-electron chi connectivity index (χ1n) is 10.5. The number of hydrogen-bond donors (Lipinski definition) is 0. The summed E-state index contributed by atoms with van der Waals surface area (Å²) >= 11 is 0. The molecule has 0 nitrogen and oxygen atoms in total. The summed E-state index contributed by atoms with van der Waals surface area (Å²) in [6, 6.07) is 18.2. The summed E-state index contributed by atoms with van der Waals surface area (Å²) in [5, 5.41) is 0. The topological polar surface area (TPSA) is 0 Å². The van der Waals surface area contributed by atoms with Gasteiger partial charge in [0.25, 0.3) is 0 Å². The molecule has 2 aliphatic carbocycles. The van der Waals surface area contributed by atoms with E-state index in [1.54, 1.807) is 11.1 Å². The first-order chi connectivity index (χ1) is 12.9. The van der Waals surface area contributed by atoms with Crippen LogP contribution in [0.1, 0.15) is 88.5 Å². The summed E-state index contributed by atoms with van der Waals surface area (Å²) in [7, 11) is 0. The van der Waals surface area contributed by atoms with Crippen LogP contribution in [-0.2, 0) is 0 Å². The summed E-state index contributed by atoms with van der Waals surface area (Å²) in [5.41, 5.74) is 12.4. The highest BCUT2D eigenvalue weighted by Crippen LogP contribution is 2.61. The van der Waals surface area contributed by atoms with Gasteiger partial charge < -0.3 is 0 Å². The minimum atomic E-state index is 0.137. The van der Waals surface area contributed by atoms with E-state index in [-0.39, 0.29) is 5.41 Å².